The summed E-state index contributed by atoms with van der Waals surface area (Å²) in [5, 5.41) is 19.2. The molecule has 0 radical (unpaired) electrons. The number of ether oxygens (including phenoxy) is 1. The van der Waals surface area contributed by atoms with Crippen LogP contribution in [0.15, 0.2) is 48.5 Å². The van der Waals surface area contributed by atoms with Crippen LogP contribution in [0.1, 0.15) is 63.4 Å². The van der Waals surface area contributed by atoms with Gasteiger partial charge in [-0.2, -0.15) is 0 Å². The van der Waals surface area contributed by atoms with Crippen molar-refractivity contribution in [2.45, 2.75) is 57.8 Å². The van der Waals surface area contributed by atoms with Gasteiger partial charge in [0.2, 0.25) is 0 Å². The first-order chi connectivity index (χ1) is 12.6. The predicted octanol–water partition coefficient (Wildman–Crippen LogP) is 5.54. The van der Waals surface area contributed by atoms with Gasteiger partial charge in [-0.3, -0.25) is 4.79 Å². The average Bonchev–Trinajstić information content (AvgIpc) is 2.64. The lowest BCUT2D eigenvalue weighted by atomic mass is 9.89. The Labute approximate surface area is 155 Å². The Morgan fingerprint density at radius 1 is 0.962 bits per heavy atom. The van der Waals surface area contributed by atoms with Crippen molar-refractivity contribution < 1.29 is 19.7 Å². The van der Waals surface area contributed by atoms with Crippen LogP contribution in [0.3, 0.4) is 0 Å². The van der Waals surface area contributed by atoms with E-state index in [2.05, 4.69) is 6.92 Å². The van der Waals surface area contributed by atoms with Gasteiger partial charge in [0.1, 0.15) is 5.75 Å². The lowest BCUT2D eigenvalue weighted by Crippen LogP contribution is -2.10. The van der Waals surface area contributed by atoms with Gasteiger partial charge >= 0.3 is 5.97 Å². The number of para-hydroxylation sites is 2. The second-order valence-electron chi connectivity index (χ2n) is 6.62. The van der Waals surface area contributed by atoms with Crippen LogP contribution in [0, 0.1) is 0 Å². The van der Waals surface area contributed by atoms with Crippen molar-refractivity contribution >= 4 is 5.97 Å². The largest absolute Gasteiger partial charge is 0.508 e. The first-order valence-corrected chi connectivity index (χ1v) is 9.37. The number of hydrogen-bond donors (Lipinski definition) is 2. The fourth-order valence-corrected chi connectivity index (χ4v) is 3.05. The Hall–Kier alpha value is -2.49. The summed E-state index contributed by atoms with van der Waals surface area (Å²) in [6, 6.07) is 13.7. The summed E-state index contributed by atoms with van der Waals surface area (Å²) in [6.07, 6.45) is 6.70. The first-order valence-electron chi connectivity index (χ1n) is 9.37. The molecule has 4 nitrogen and oxygen atoms in total. The van der Waals surface area contributed by atoms with Gasteiger partial charge in [0.15, 0.2) is 11.5 Å². The second-order valence-corrected chi connectivity index (χ2v) is 6.62. The molecule has 0 bridgehead atoms. The van der Waals surface area contributed by atoms with Crippen LogP contribution < -0.4 is 4.74 Å². The maximum Gasteiger partial charge on any atom is 0.311 e. The molecule has 0 amide bonds. The third-order valence-electron chi connectivity index (χ3n) is 4.56. The number of benzene rings is 2. The second kappa shape index (κ2) is 10.5. The Balaban J connectivity index is 1.93. The summed E-state index contributed by atoms with van der Waals surface area (Å²) in [5.74, 6) is 0.322. The number of rotatable bonds is 10. The molecule has 26 heavy (non-hydrogen) atoms. The zero-order valence-corrected chi connectivity index (χ0v) is 15.4. The third kappa shape index (κ3) is 6.43. The molecule has 140 valence electrons. The molecule has 0 fully saturated rings. The van der Waals surface area contributed by atoms with Crippen molar-refractivity contribution in [2.24, 2.45) is 0 Å². The molecule has 0 aliphatic carbocycles. The van der Waals surface area contributed by atoms with E-state index in [4.69, 9.17) is 4.74 Å². The van der Waals surface area contributed by atoms with Crippen LogP contribution in [0.4, 0.5) is 0 Å². The number of phenols is 2. The van der Waals surface area contributed by atoms with Crippen LogP contribution in [-0.4, -0.2) is 16.2 Å². The highest BCUT2D eigenvalue weighted by Gasteiger charge is 2.15. The van der Waals surface area contributed by atoms with E-state index in [1.54, 1.807) is 30.3 Å². The molecule has 1 atom stereocenters. The van der Waals surface area contributed by atoms with Crippen LogP contribution in [0.2, 0.25) is 0 Å². The van der Waals surface area contributed by atoms with Crippen LogP contribution in [-0.2, 0) is 4.79 Å². The van der Waals surface area contributed by atoms with Crippen molar-refractivity contribution in [3.05, 3.63) is 54.1 Å². The maximum absolute atomic E-state index is 12.2. The highest BCUT2D eigenvalue weighted by molar-refractivity contribution is 5.73. The zero-order chi connectivity index (χ0) is 18.8. The summed E-state index contributed by atoms with van der Waals surface area (Å²) in [5.41, 5.74) is 1.13. The van der Waals surface area contributed by atoms with Gasteiger partial charge in [-0.15, -0.1) is 0 Å². The fourth-order valence-electron chi connectivity index (χ4n) is 3.05. The molecular weight excluding hydrogens is 328 g/mol. The Kier molecular flexibility index (Phi) is 8.00. The van der Waals surface area contributed by atoms with Gasteiger partial charge in [0.05, 0.1) is 0 Å². The summed E-state index contributed by atoms with van der Waals surface area (Å²) in [7, 11) is 0. The average molecular weight is 356 g/mol. The first kappa shape index (κ1) is 19.8. The molecule has 0 saturated heterocycles. The number of hydrogen-bond acceptors (Lipinski definition) is 4. The molecule has 0 aromatic heterocycles. The molecule has 0 spiro atoms. The van der Waals surface area contributed by atoms with Gasteiger partial charge in [-0.25, -0.2) is 0 Å². The van der Waals surface area contributed by atoms with Crippen molar-refractivity contribution in [1.82, 2.24) is 0 Å². The molecule has 2 aromatic carbocycles. The van der Waals surface area contributed by atoms with E-state index in [1.807, 2.05) is 12.1 Å². The van der Waals surface area contributed by atoms with Crippen LogP contribution in [0.25, 0.3) is 0 Å². The standard InChI is InChI=1S/C22H28O4/c1-2-3-4-5-8-17(18-11-14-19(23)15-12-18)13-16-22(25)26-21-10-7-6-9-20(21)24/h6-7,9-12,14-15,17,23-24H,2-5,8,13,16H2,1H3. The summed E-state index contributed by atoms with van der Waals surface area (Å²) in [6.45, 7) is 2.19. The topological polar surface area (TPSA) is 66.8 Å². The van der Waals surface area contributed by atoms with Gasteiger partial charge in [0.25, 0.3) is 0 Å². The zero-order valence-electron chi connectivity index (χ0n) is 15.4. The molecular formula is C22H28O4. The quantitative estimate of drug-likeness (QED) is 0.333. The number of carbonyl (C=O) groups is 1. The van der Waals surface area contributed by atoms with E-state index < -0.39 is 0 Å². The molecule has 0 heterocycles. The van der Waals surface area contributed by atoms with E-state index >= 15 is 0 Å². The molecule has 4 heteroatoms. The minimum Gasteiger partial charge on any atom is -0.508 e. The van der Waals surface area contributed by atoms with Crippen molar-refractivity contribution in [3.63, 3.8) is 0 Å². The fraction of sp³-hybridized carbons (Fsp3) is 0.409. The SMILES string of the molecule is CCCCCCC(CCC(=O)Oc1ccccc1O)c1ccc(O)cc1. The van der Waals surface area contributed by atoms with Crippen molar-refractivity contribution in [3.8, 4) is 17.2 Å². The summed E-state index contributed by atoms with van der Waals surface area (Å²) in [4.78, 5) is 12.2. The lowest BCUT2D eigenvalue weighted by molar-refractivity contribution is -0.134. The van der Waals surface area contributed by atoms with E-state index in [9.17, 15) is 15.0 Å². The van der Waals surface area contributed by atoms with Gasteiger partial charge in [-0.1, -0.05) is 56.9 Å². The Morgan fingerprint density at radius 2 is 1.69 bits per heavy atom. The molecule has 2 N–H and O–H groups in total. The maximum atomic E-state index is 12.2. The molecule has 2 rings (SSSR count). The van der Waals surface area contributed by atoms with Gasteiger partial charge in [0, 0.05) is 6.42 Å². The predicted molar refractivity (Wildman–Crippen MR) is 103 cm³/mol. The highest BCUT2D eigenvalue weighted by atomic mass is 16.5. The number of unbranched alkanes of at least 4 members (excludes halogenated alkanes) is 3. The summed E-state index contributed by atoms with van der Waals surface area (Å²) >= 11 is 0. The van der Waals surface area contributed by atoms with Crippen LogP contribution >= 0.6 is 0 Å². The highest BCUT2D eigenvalue weighted by Crippen LogP contribution is 2.30. The minimum atomic E-state index is -0.344. The third-order valence-corrected chi connectivity index (χ3v) is 4.56. The van der Waals surface area contributed by atoms with Crippen molar-refractivity contribution in [1.29, 1.82) is 0 Å². The van der Waals surface area contributed by atoms with E-state index in [0.717, 1.165) is 18.4 Å². The smallest absolute Gasteiger partial charge is 0.311 e. The number of esters is 1. The van der Waals surface area contributed by atoms with Crippen molar-refractivity contribution in [2.75, 3.05) is 0 Å². The molecule has 0 aliphatic rings. The van der Waals surface area contributed by atoms with Gasteiger partial charge in [-0.05, 0) is 48.6 Å². The molecule has 0 aliphatic heterocycles. The molecule has 0 saturated carbocycles. The molecule has 1 unspecified atom stereocenters. The number of carbonyl (C=O) groups excluding carboxylic acids is 1. The van der Waals surface area contributed by atoms with E-state index in [-0.39, 0.29) is 35.6 Å². The monoisotopic (exact) mass is 356 g/mol. The number of aromatic hydroxyl groups is 2. The Bertz CT molecular complexity index is 679. The Morgan fingerprint density at radius 3 is 2.38 bits per heavy atom. The van der Waals surface area contributed by atoms with E-state index in [1.165, 1.54) is 25.3 Å². The van der Waals surface area contributed by atoms with E-state index in [0.29, 0.717) is 6.42 Å². The van der Waals surface area contributed by atoms with Crippen LogP contribution in [0.5, 0.6) is 17.2 Å². The normalized spacial score (nSPS) is 11.9. The summed E-state index contributed by atoms with van der Waals surface area (Å²) < 4.78 is 5.26. The lowest BCUT2D eigenvalue weighted by Gasteiger charge is -2.17. The minimum absolute atomic E-state index is 0.0319. The number of phenolic OH excluding ortho intramolecular Hbond substituents is 2. The van der Waals surface area contributed by atoms with Gasteiger partial charge < -0.3 is 14.9 Å². The molecule has 2 aromatic rings.